The molecular formula is C22H22ClN5O5. The van der Waals surface area contributed by atoms with Crippen molar-refractivity contribution in [1.82, 2.24) is 20.7 Å². The largest absolute Gasteiger partial charge is 0.350 e. The molecule has 3 aromatic rings. The molecule has 3 amide bonds. The van der Waals surface area contributed by atoms with Crippen molar-refractivity contribution in [2.75, 3.05) is 0 Å². The van der Waals surface area contributed by atoms with Gasteiger partial charge in [-0.1, -0.05) is 43.6 Å². The predicted octanol–water partition coefficient (Wildman–Crippen LogP) is 2.96. The molecule has 1 heterocycles. The van der Waals surface area contributed by atoms with E-state index in [0.717, 1.165) is 23.0 Å². The van der Waals surface area contributed by atoms with Crippen LogP contribution in [0.5, 0.6) is 0 Å². The van der Waals surface area contributed by atoms with E-state index in [-0.39, 0.29) is 22.2 Å². The lowest BCUT2D eigenvalue weighted by molar-refractivity contribution is -0.384. The molecule has 0 spiro atoms. The fourth-order valence-corrected chi connectivity index (χ4v) is 3.60. The molecule has 10 nitrogen and oxygen atoms in total. The lowest BCUT2D eigenvalue weighted by Gasteiger charge is -2.22. The zero-order valence-electron chi connectivity index (χ0n) is 18.1. The summed E-state index contributed by atoms with van der Waals surface area (Å²) in [4.78, 5) is 48.2. The summed E-state index contributed by atoms with van der Waals surface area (Å²) in [6.45, 7) is 3.43. The Morgan fingerprint density at radius 3 is 2.36 bits per heavy atom. The minimum Gasteiger partial charge on any atom is -0.350 e. The van der Waals surface area contributed by atoms with Gasteiger partial charge >= 0.3 is 0 Å². The molecule has 2 aromatic carbocycles. The molecule has 33 heavy (non-hydrogen) atoms. The van der Waals surface area contributed by atoms with Gasteiger partial charge in [0.05, 0.1) is 21.1 Å². The molecule has 1 atom stereocenters. The number of aromatic nitrogens is 1. The number of carbonyl (C=O) groups excluding carboxylic acids is 3. The quantitative estimate of drug-likeness (QED) is 0.375. The summed E-state index contributed by atoms with van der Waals surface area (Å²) in [5.74, 6) is -2.15. The van der Waals surface area contributed by atoms with Crippen LogP contribution in [0.3, 0.4) is 0 Å². The van der Waals surface area contributed by atoms with Crippen LogP contribution in [0.4, 0.5) is 5.69 Å². The number of hydrazine groups is 1. The van der Waals surface area contributed by atoms with Crippen molar-refractivity contribution in [3.05, 3.63) is 74.9 Å². The number of aryl methyl sites for hydroxylation is 1. The van der Waals surface area contributed by atoms with Crippen molar-refractivity contribution >= 4 is 45.9 Å². The van der Waals surface area contributed by atoms with Crippen molar-refractivity contribution in [2.24, 2.45) is 13.0 Å². The Hall–Kier alpha value is -3.92. The van der Waals surface area contributed by atoms with Crippen LogP contribution in [-0.4, -0.2) is 33.3 Å². The maximum absolute atomic E-state index is 12.7. The lowest BCUT2D eigenvalue weighted by Crippen LogP contribution is -2.54. The van der Waals surface area contributed by atoms with Crippen LogP contribution < -0.4 is 16.2 Å². The molecule has 0 aliphatic rings. The molecule has 0 aliphatic carbocycles. The second-order valence-corrected chi connectivity index (χ2v) is 8.14. The van der Waals surface area contributed by atoms with Gasteiger partial charge in [-0.05, 0) is 18.1 Å². The molecule has 0 fully saturated rings. The number of nitro groups is 1. The number of nitrogens with zero attached hydrogens (tertiary/aromatic N) is 2. The fourth-order valence-electron chi connectivity index (χ4n) is 3.34. The van der Waals surface area contributed by atoms with Crippen LogP contribution in [0.25, 0.3) is 10.9 Å². The number of hydrogen-bond donors (Lipinski definition) is 3. The van der Waals surface area contributed by atoms with Crippen molar-refractivity contribution in [3.8, 4) is 0 Å². The number of halogens is 1. The van der Waals surface area contributed by atoms with E-state index in [1.165, 1.54) is 6.07 Å². The van der Waals surface area contributed by atoms with E-state index >= 15 is 0 Å². The van der Waals surface area contributed by atoms with E-state index in [9.17, 15) is 24.5 Å². The maximum Gasteiger partial charge on any atom is 0.271 e. The SMILES string of the molecule is CC(C)[C@H](NC(=O)c1ccc([N+](=O)[O-])cc1Cl)C(=O)NNC(=O)c1cn(C)c2ccccc12. The first-order valence-corrected chi connectivity index (χ1v) is 10.4. The summed E-state index contributed by atoms with van der Waals surface area (Å²) < 4.78 is 1.80. The zero-order valence-corrected chi connectivity index (χ0v) is 18.8. The number of nitro benzene ring substituents is 1. The number of fused-ring (bicyclic) bond motifs is 1. The second-order valence-electron chi connectivity index (χ2n) is 7.73. The number of rotatable bonds is 6. The highest BCUT2D eigenvalue weighted by atomic mass is 35.5. The summed E-state index contributed by atoms with van der Waals surface area (Å²) in [5, 5.41) is 14.0. The third-order valence-corrected chi connectivity index (χ3v) is 5.40. The molecule has 0 unspecified atom stereocenters. The predicted molar refractivity (Wildman–Crippen MR) is 123 cm³/mol. The van der Waals surface area contributed by atoms with E-state index in [1.54, 1.807) is 30.7 Å². The molecular weight excluding hydrogens is 450 g/mol. The summed E-state index contributed by atoms with van der Waals surface area (Å²) in [7, 11) is 1.81. The summed E-state index contributed by atoms with van der Waals surface area (Å²) >= 11 is 6.01. The third kappa shape index (κ3) is 5.12. The van der Waals surface area contributed by atoms with Gasteiger partial charge in [0.15, 0.2) is 0 Å². The molecule has 0 bridgehead atoms. The smallest absolute Gasteiger partial charge is 0.271 e. The number of non-ortho nitro benzene ring substituents is 1. The van der Waals surface area contributed by atoms with Crippen LogP contribution in [0.2, 0.25) is 5.02 Å². The van der Waals surface area contributed by atoms with Crippen LogP contribution in [0, 0.1) is 16.0 Å². The Morgan fingerprint density at radius 1 is 1.03 bits per heavy atom. The van der Waals surface area contributed by atoms with Gasteiger partial charge in [-0.3, -0.25) is 35.3 Å². The van der Waals surface area contributed by atoms with Crippen LogP contribution >= 0.6 is 11.6 Å². The number of carbonyl (C=O) groups is 3. The second kappa shape index (κ2) is 9.70. The van der Waals surface area contributed by atoms with E-state index in [2.05, 4.69) is 16.2 Å². The van der Waals surface area contributed by atoms with Crippen molar-refractivity contribution in [1.29, 1.82) is 0 Å². The minimum atomic E-state index is -1.00. The van der Waals surface area contributed by atoms with Crippen LogP contribution in [0.1, 0.15) is 34.6 Å². The van der Waals surface area contributed by atoms with Gasteiger partial charge in [0.1, 0.15) is 6.04 Å². The molecule has 3 N–H and O–H groups in total. The van der Waals surface area contributed by atoms with Crippen LogP contribution in [-0.2, 0) is 11.8 Å². The molecule has 0 radical (unpaired) electrons. The number of amides is 3. The molecule has 1 aromatic heterocycles. The molecule has 0 saturated carbocycles. The molecule has 0 saturated heterocycles. The lowest BCUT2D eigenvalue weighted by atomic mass is 10.0. The van der Waals surface area contributed by atoms with Gasteiger partial charge in [-0.2, -0.15) is 0 Å². The Morgan fingerprint density at radius 2 is 1.73 bits per heavy atom. The minimum absolute atomic E-state index is 0.0134. The van der Waals surface area contributed by atoms with E-state index in [4.69, 9.17) is 11.6 Å². The molecule has 11 heteroatoms. The third-order valence-electron chi connectivity index (χ3n) is 5.08. The number of benzene rings is 2. The van der Waals surface area contributed by atoms with E-state index in [0.29, 0.717) is 5.56 Å². The monoisotopic (exact) mass is 471 g/mol. The Balaban J connectivity index is 1.69. The van der Waals surface area contributed by atoms with Gasteiger partial charge in [-0.25, -0.2) is 0 Å². The average molecular weight is 472 g/mol. The molecule has 3 rings (SSSR count). The van der Waals surface area contributed by atoms with Gasteiger partial charge in [-0.15, -0.1) is 0 Å². The summed E-state index contributed by atoms with van der Waals surface area (Å²) in [6.07, 6.45) is 1.66. The average Bonchev–Trinajstić information content (AvgIpc) is 3.12. The summed E-state index contributed by atoms with van der Waals surface area (Å²) in [5.41, 5.74) is 5.70. The number of para-hydroxylation sites is 1. The normalized spacial score (nSPS) is 11.8. The van der Waals surface area contributed by atoms with E-state index < -0.39 is 28.7 Å². The maximum atomic E-state index is 12.7. The Bertz CT molecular complexity index is 1250. The highest BCUT2D eigenvalue weighted by Gasteiger charge is 2.27. The Kier molecular flexibility index (Phi) is 6.98. The number of nitrogens with one attached hydrogen (secondary N) is 3. The van der Waals surface area contributed by atoms with E-state index in [1.807, 2.05) is 25.2 Å². The first-order chi connectivity index (χ1) is 15.6. The van der Waals surface area contributed by atoms with Gasteiger partial charge < -0.3 is 9.88 Å². The first-order valence-electron chi connectivity index (χ1n) is 9.99. The highest BCUT2D eigenvalue weighted by Crippen LogP contribution is 2.23. The van der Waals surface area contributed by atoms with Gasteiger partial charge in [0.25, 0.3) is 23.4 Å². The fraction of sp³-hybridized carbons (Fsp3) is 0.227. The topological polar surface area (TPSA) is 135 Å². The Labute approximate surface area is 194 Å². The zero-order chi connectivity index (χ0) is 24.3. The molecule has 172 valence electrons. The van der Waals surface area contributed by atoms with Gasteiger partial charge in [0.2, 0.25) is 0 Å². The van der Waals surface area contributed by atoms with Crippen molar-refractivity contribution in [3.63, 3.8) is 0 Å². The van der Waals surface area contributed by atoms with Gasteiger partial charge in [0, 0.05) is 36.3 Å². The standard InChI is InChI=1S/C22H22ClN5O5/c1-12(2)19(24-20(29)15-9-8-13(28(32)33)10-17(15)23)22(31)26-25-21(30)16-11-27(3)18-7-5-4-6-14(16)18/h4-12,19H,1-3H3,(H,24,29)(H,25,30)(H,26,31)/t19-/m0/s1. The van der Waals surface area contributed by atoms with Crippen molar-refractivity contribution in [2.45, 2.75) is 19.9 Å². The van der Waals surface area contributed by atoms with Crippen molar-refractivity contribution < 1.29 is 19.3 Å². The number of hydrogen-bond acceptors (Lipinski definition) is 5. The van der Waals surface area contributed by atoms with Crippen LogP contribution in [0.15, 0.2) is 48.7 Å². The summed E-state index contributed by atoms with van der Waals surface area (Å²) in [6, 6.07) is 9.77. The molecule has 0 aliphatic heterocycles. The first kappa shape index (κ1) is 23.7. The highest BCUT2D eigenvalue weighted by molar-refractivity contribution is 6.34.